The fourth-order valence-corrected chi connectivity index (χ4v) is 2.52. The van der Waals surface area contributed by atoms with Gasteiger partial charge in [0.2, 0.25) is 5.88 Å². The number of hydrogen-bond donors (Lipinski definition) is 0. The quantitative estimate of drug-likeness (QED) is 0.858. The predicted molar refractivity (Wildman–Crippen MR) is 83.1 cm³/mol. The van der Waals surface area contributed by atoms with Gasteiger partial charge in [-0.2, -0.15) is 0 Å². The van der Waals surface area contributed by atoms with Crippen molar-refractivity contribution in [1.82, 2.24) is 14.9 Å². The Morgan fingerprint density at radius 2 is 1.82 bits per heavy atom. The molecule has 3 rings (SSSR count). The zero-order valence-corrected chi connectivity index (χ0v) is 12.5. The molecule has 0 saturated carbocycles. The molecule has 0 spiro atoms. The van der Waals surface area contributed by atoms with Crippen LogP contribution < -0.4 is 9.64 Å². The van der Waals surface area contributed by atoms with E-state index in [1.165, 1.54) is 6.33 Å². The van der Waals surface area contributed by atoms with Crippen molar-refractivity contribution in [2.24, 2.45) is 0 Å². The molecule has 1 aromatic heterocycles. The lowest BCUT2D eigenvalue weighted by Crippen LogP contribution is -2.49. The first-order chi connectivity index (χ1) is 10.8. The van der Waals surface area contributed by atoms with E-state index in [0.29, 0.717) is 19.0 Å². The molecule has 0 radical (unpaired) electrons. The molecule has 6 heteroatoms. The van der Waals surface area contributed by atoms with E-state index in [9.17, 15) is 4.79 Å². The van der Waals surface area contributed by atoms with Gasteiger partial charge in [-0.15, -0.1) is 0 Å². The molecular formula is C16H18N4O2. The van der Waals surface area contributed by atoms with Gasteiger partial charge in [0.1, 0.15) is 12.1 Å². The summed E-state index contributed by atoms with van der Waals surface area (Å²) in [5, 5.41) is 0. The Morgan fingerprint density at radius 3 is 2.50 bits per heavy atom. The molecule has 0 N–H and O–H groups in total. The molecule has 1 saturated heterocycles. The van der Waals surface area contributed by atoms with Crippen molar-refractivity contribution in [1.29, 1.82) is 0 Å². The monoisotopic (exact) mass is 298 g/mol. The van der Waals surface area contributed by atoms with Crippen LogP contribution in [0.1, 0.15) is 10.4 Å². The number of piperazine rings is 1. The zero-order valence-electron chi connectivity index (χ0n) is 12.5. The van der Waals surface area contributed by atoms with Gasteiger partial charge in [-0.25, -0.2) is 9.97 Å². The number of ether oxygens (including phenoxy) is 1. The van der Waals surface area contributed by atoms with Gasteiger partial charge in [0.25, 0.3) is 5.91 Å². The molecule has 1 aliphatic heterocycles. The lowest BCUT2D eigenvalue weighted by molar-refractivity contribution is 0.0746. The van der Waals surface area contributed by atoms with Gasteiger partial charge in [0.05, 0.1) is 7.11 Å². The molecule has 22 heavy (non-hydrogen) atoms. The van der Waals surface area contributed by atoms with Gasteiger partial charge in [-0.3, -0.25) is 4.79 Å². The number of carbonyl (C=O) groups is 1. The number of hydrogen-bond acceptors (Lipinski definition) is 5. The van der Waals surface area contributed by atoms with Crippen LogP contribution in [0, 0.1) is 0 Å². The summed E-state index contributed by atoms with van der Waals surface area (Å²) in [5.41, 5.74) is 0.736. The van der Waals surface area contributed by atoms with E-state index in [4.69, 9.17) is 4.74 Å². The molecule has 1 aliphatic rings. The second kappa shape index (κ2) is 6.43. The number of aromatic nitrogens is 2. The van der Waals surface area contributed by atoms with Crippen molar-refractivity contribution >= 4 is 11.7 Å². The maximum absolute atomic E-state index is 12.4. The van der Waals surface area contributed by atoms with Crippen LogP contribution in [0.3, 0.4) is 0 Å². The standard InChI is InChI=1S/C16H18N4O2/c1-22-15-11-14(17-12-18-15)19-7-9-20(10-8-19)16(21)13-5-3-2-4-6-13/h2-6,11-12H,7-10H2,1H3. The summed E-state index contributed by atoms with van der Waals surface area (Å²) < 4.78 is 5.12. The molecule has 0 atom stereocenters. The average Bonchev–Trinajstić information content (AvgIpc) is 2.62. The van der Waals surface area contributed by atoms with Crippen molar-refractivity contribution in [3.8, 4) is 5.88 Å². The third-order valence-corrected chi connectivity index (χ3v) is 3.75. The second-order valence-electron chi connectivity index (χ2n) is 5.06. The fraction of sp³-hybridized carbons (Fsp3) is 0.312. The summed E-state index contributed by atoms with van der Waals surface area (Å²) in [7, 11) is 1.59. The topological polar surface area (TPSA) is 58.6 Å². The van der Waals surface area contributed by atoms with E-state index in [2.05, 4.69) is 14.9 Å². The molecule has 6 nitrogen and oxygen atoms in total. The number of amides is 1. The number of anilines is 1. The van der Waals surface area contributed by atoms with Crippen molar-refractivity contribution in [3.63, 3.8) is 0 Å². The smallest absolute Gasteiger partial charge is 0.253 e. The van der Waals surface area contributed by atoms with Gasteiger partial charge in [0.15, 0.2) is 0 Å². The molecule has 2 aromatic rings. The van der Waals surface area contributed by atoms with Gasteiger partial charge in [-0.1, -0.05) is 18.2 Å². The van der Waals surface area contributed by atoms with Crippen LogP contribution in [0.2, 0.25) is 0 Å². The summed E-state index contributed by atoms with van der Waals surface area (Å²) in [6, 6.07) is 11.2. The summed E-state index contributed by atoms with van der Waals surface area (Å²) in [6.07, 6.45) is 1.50. The van der Waals surface area contributed by atoms with Crippen molar-refractivity contribution in [3.05, 3.63) is 48.3 Å². The van der Waals surface area contributed by atoms with E-state index in [-0.39, 0.29) is 5.91 Å². The van der Waals surface area contributed by atoms with Gasteiger partial charge < -0.3 is 14.5 Å². The molecule has 2 heterocycles. The molecule has 114 valence electrons. The molecule has 0 unspecified atom stereocenters. The van der Waals surface area contributed by atoms with Crippen molar-refractivity contribution in [2.45, 2.75) is 0 Å². The van der Waals surface area contributed by atoms with Gasteiger partial charge in [-0.05, 0) is 12.1 Å². The summed E-state index contributed by atoms with van der Waals surface area (Å²) in [5.74, 6) is 1.46. The largest absolute Gasteiger partial charge is 0.481 e. The first kappa shape index (κ1) is 14.3. The predicted octanol–water partition coefficient (Wildman–Crippen LogP) is 1.45. The Labute approximate surface area is 129 Å². The van der Waals surface area contributed by atoms with Crippen LogP contribution in [-0.2, 0) is 0 Å². The third kappa shape index (κ3) is 3.00. The summed E-state index contributed by atoms with van der Waals surface area (Å²) >= 11 is 0. The minimum absolute atomic E-state index is 0.0838. The molecule has 0 bridgehead atoms. The number of rotatable bonds is 3. The molecule has 1 aromatic carbocycles. The number of nitrogens with zero attached hydrogens (tertiary/aromatic N) is 4. The molecular weight excluding hydrogens is 280 g/mol. The molecule has 1 amide bonds. The number of carbonyl (C=O) groups excluding carboxylic acids is 1. The minimum Gasteiger partial charge on any atom is -0.481 e. The number of methoxy groups -OCH3 is 1. The van der Waals surface area contributed by atoms with E-state index >= 15 is 0 Å². The minimum atomic E-state index is 0.0838. The Morgan fingerprint density at radius 1 is 1.09 bits per heavy atom. The Balaban J connectivity index is 1.64. The maximum Gasteiger partial charge on any atom is 0.253 e. The van der Waals surface area contributed by atoms with E-state index in [0.717, 1.165) is 24.5 Å². The first-order valence-electron chi connectivity index (χ1n) is 7.23. The second-order valence-corrected chi connectivity index (χ2v) is 5.06. The lowest BCUT2D eigenvalue weighted by atomic mass is 10.2. The van der Waals surface area contributed by atoms with Crippen LogP contribution in [0.25, 0.3) is 0 Å². The number of benzene rings is 1. The van der Waals surface area contributed by atoms with Crippen LogP contribution >= 0.6 is 0 Å². The van der Waals surface area contributed by atoms with Gasteiger partial charge >= 0.3 is 0 Å². The fourth-order valence-electron chi connectivity index (χ4n) is 2.52. The zero-order chi connectivity index (χ0) is 15.4. The SMILES string of the molecule is COc1cc(N2CCN(C(=O)c3ccccc3)CC2)ncn1. The molecule has 0 aliphatic carbocycles. The van der Waals surface area contributed by atoms with Crippen LogP contribution in [0.4, 0.5) is 5.82 Å². The Kier molecular flexibility index (Phi) is 4.18. The highest BCUT2D eigenvalue weighted by Gasteiger charge is 2.22. The van der Waals surface area contributed by atoms with Crippen LogP contribution in [-0.4, -0.2) is 54.1 Å². The van der Waals surface area contributed by atoms with Gasteiger partial charge in [0, 0.05) is 37.8 Å². The normalized spacial score (nSPS) is 14.8. The van der Waals surface area contributed by atoms with E-state index in [1.807, 2.05) is 41.3 Å². The van der Waals surface area contributed by atoms with Crippen LogP contribution in [0.5, 0.6) is 5.88 Å². The summed E-state index contributed by atoms with van der Waals surface area (Å²) in [6.45, 7) is 2.86. The average molecular weight is 298 g/mol. The molecule has 1 fully saturated rings. The third-order valence-electron chi connectivity index (χ3n) is 3.75. The Bertz CT molecular complexity index is 640. The lowest BCUT2D eigenvalue weighted by Gasteiger charge is -2.35. The Hall–Kier alpha value is -2.63. The van der Waals surface area contributed by atoms with Crippen molar-refractivity contribution < 1.29 is 9.53 Å². The first-order valence-corrected chi connectivity index (χ1v) is 7.23. The highest BCUT2D eigenvalue weighted by molar-refractivity contribution is 5.94. The highest BCUT2D eigenvalue weighted by atomic mass is 16.5. The van der Waals surface area contributed by atoms with Crippen molar-refractivity contribution in [2.75, 3.05) is 38.2 Å². The highest BCUT2D eigenvalue weighted by Crippen LogP contribution is 2.18. The van der Waals surface area contributed by atoms with E-state index in [1.54, 1.807) is 7.11 Å². The maximum atomic E-state index is 12.4. The van der Waals surface area contributed by atoms with E-state index < -0.39 is 0 Å². The van der Waals surface area contributed by atoms with Crippen LogP contribution in [0.15, 0.2) is 42.7 Å². The summed E-state index contributed by atoms with van der Waals surface area (Å²) in [4.78, 5) is 24.7.